The van der Waals surface area contributed by atoms with E-state index in [1.807, 2.05) is 0 Å². The highest BCUT2D eigenvalue weighted by molar-refractivity contribution is 5.88. The SMILES string of the molecule is CC(=O)OC(=O)[C@]1(O)C[C@H](O)[C@@H](N)[C@H]([C@H](O)[C@H](O)CO)O1. The van der Waals surface area contributed by atoms with Crippen LogP contribution in [0.1, 0.15) is 13.3 Å². The highest BCUT2D eigenvalue weighted by Gasteiger charge is 2.53. The van der Waals surface area contributed by atoms with Crippen LogP contribution in [0.5, 0.6) is 0 Å². The number of nitrogens with two attached hydrogens (primary N) is 1. The minimum atomic E-state index is -2.71. The lowest BCUT2D eigenvalue weighted by Crippen LogP contribution is -2.66. The molecule has 0 aromatic carbocycles. The molecule has 21 heavy (non-hydrogen) atoms. The van der Waals surface area contributed by atoms with E-state index in [2.05, 4.69) is 4.74 Å². The van der Waals surface area contributed by atoms with Crippen LogP contribution in [0.25, 0.3) is 0 Å². The number of hydrogen-bond acceptors (Lipinski definition) is 10. The number of aliphatic hydroxyl groups excluding tert-OH is 4. The summed E-state index contributed by atoms with van der Waals surface area (Å²) < 4.78 is 9.12. The molecule has 1 saturated heterocycles. The van der Waals surface area contributed by atoms with E-state index in [1.165, 1.54) is 0 Å². The first-order valence-corrected chi connectivity index (χ1v) is 6.16. The predicted octanol–water partition coefficient (Wildman–Crippen LogP) is -4.04. The number of esters is 2. The summed E-state index contributed by atoms with van der Waals surface area (Å²) >= 11 is 0. The summed E-state index contributed by atoms with van der Waals surface area (Å²) in [5, 5.41) is 47.7. The van der Waals surface area contributed by atoms with Gasteiger partial charge >= 0.3 is 11.9 Å². The van der Waals surface area contributed by atoms with Gasteiger partial charge in [-0.05, 0) is 0 Å². The summed E-state index contributed by atoms with van der Waals surface area (Å²) in [6, 6.07) is -1.24. The molecule has 122 valence electrons. The molecular formula is C11H19NO9. The highest BCUT2D eigenvalue weighted by Crippen LogP contribution is 2.30. The largest absolute Gasteiger partial charge is 0.394 e. The predicted molar refractivity (Wildman–Crippen MR) is 64.3 cm³/mol. The molecule has 1 aliphatic heterocycles. The van der Waals surface area contributed by atoms with E-state index in [0.29, 0.717) is 0 Å². The smallest absolute Gasteiger partial charge is 0.374 e. The first-order valence-electron chi connectivity index (χ1n) is 6.16. The highest BCUT2D eigenvalue weighted by atomic mass is 16.7. The molecule has 0 aromatic heterocycles. The third-order valence-corrected chi connectivity index (χ3v) is 3.11. The normalized spacial score (nSPS) is 35.9. The van der Waals surface area contributed by atoms with E-state index < -0.39 is 61.2 Å². The van der Waals surface area contributed by atoms with E-state index in [4.69, 9.17) is 15.6 Å². The van der Waals surface area contributed by atoms with Gasteiger partial charge in [-0.2, -0.15) is 0 Å². The Hall–Kier alpha value is -1.14. The number of carbonyl (C=O) groups is 2. The molecule has 10 heteroatoms. The maximum atomic E-state index is 11.6. The van der Waals surface area contributed by atoms with Gasteiger partial charge in [-0.25, -0.2) is 4.79 Å². The molecule has 7 N–H and O–H groups in total. The first-order chi connectivity index (χ1) is 9.62. The van der Waals surface area contributed by atoms with Crippen LogP contribution in [0, 0.1) is 0 Å². The van der Waals surface area contributed by atoms with Crippen LogP contribution in [0.15, 0.2) is 0 Å². The standard InChI is InChI=1S/C11H19NO9/c1-4(14)20-10(18)11(19)2-5(15)7(12)9(21-11)8(17)6(16)3-13/h5-9,13,15-17,19H,2-3,12H2,1H3/t5-,6+,7+,8+,9+,11-/m0/s1. The summed E-state index contributed by atoms with van der Waals surface area (Å²) in [6.45, 7) is 0.0915. The van der Waals surface area contributed by atoms with Gasteiger partial charge in [0.25, 0.3) is 5.79 Å². The lowest BCUT2D eigenvalue weighted by molar-refractivity contribution is -0.293. The number of aliphatic hydroxyl groups is 5. The summed E-state index contributed by atoms with van der Waals surface area (Å²) in [5.41, 5.74) is 5.58. The van der Waals surface area contributed by atoms with Crippen LogP contribution in [-0.2, 0) is 19.1 Å². The lowest BCUT2D eigenvalue weighted by Gasteiger charge is -2.43. The molecule has 1 heterocycles. The van der Waals surface area contributed by atoms with Crippen molar-refractivity contribution in [1.29, 1.82) is 0 Å². The average molecular weight is 309 g/mol. The molecule has 0 radical (unpaired) electrons. The molecule has 1 aliphatic rings. The molecule has 0 unspecified atom stereocenters. The number of hydrogen-bond donors (Lipinski definition) is 6. The minimum Gasteiger partial charge on any atom is -0.394 e. The Bertz CT molecular complexity index is 403. The number of rotatable bonds is 4. The quantitative estimate of drug-likeness (QED) is 0.221. The van der Waals surface area contributed by atoms with Gasteiger partial charge in [0.2, 0.25) is 0 Å². The Morgan fingerprint density at radius 3 is 2.52 bits per heavy atom. The lowest BCUT2D eigenvalue weighted by atomic mass is 9.89. The topological polar surface area (TPSA) is 180 Å². The second kappa shape index (κ2) is 6.75. The van der Waals surface area contributed by atoms with Crippen molar-refractivity contribution in [2.75, 3.05) is 6.61 Å². The van der Waals surface area contributed by atoms with Gasteiger partial charge in [0.05, 0.1) is 18.8 Å². The van der Waals surface area contributed by atoms with Crippen molar-refractivity contribution < 1.29 is 44.6 Å². The second-order valence-corrected chi connectivity index (χ2v) is 4.84. The maximum Gasteiger partial charge on any atom is 0.374 e. The summed E-state index contributed by atoms with van der Waals surface area (Å²) in [6.07, 6.45) is -7.18. The molecule has 0 aliphatic carbocycles. The summed E-state index contributed by atoms with van der Waals surface area (Å²) in [7, 11) is 0. The number of ether oxygens (including phenoxy) is 2. The summed E-state index contributed by atoms with van der Waals surface area (Å²) in [5.74, 6) is -5.19. The minimum absolute atomic E-state index is 0.682. The average Bonchev–Trinajstić information content (AvgIpc) is 2.40. The van der Waals surface area contributed by atoms with Crippen molar-refractivity contribution in [3.8, 4) is 0 Å². The monoisotopic (exact) mass is 309 g/mol. The van der Waals surface area contributed by atoms with Crippen LogP contribution >= 0.6 is 0 Å². The molecule has 0 amide bonds. The summed E-state index contributed by atoms with van der Waals surface area (Å²) in [4.78, 5) is 22.4. The number of carbonyl (C=O) groups excluding carboxylic acids is 2. The van der Waals surface area contributed by atoms with Crippen molar-refractivity contribution in [2.24, 2.45) is 5.73 Å². The van der Waals surface area contributed by atoms with E-state index >= 15 is 0 Å². The van der Waals surface area contributed by atoms with E-state index in [-0.39, 0.29) is 0 Å². The van der Waals surface area contributed by atoms with Crippen molar-refractivity contribution in [2.45, 2.75) is 49.6 Å². The third-order valence-electron chi connectivity index (χ3n) is 3.11. The second-order valence-electron chi connectivity index (χ2n) is 4.84. The van der Waals surface area contributed by atoms with Crippen LogP contribution < -0.4 is 5.73 Å². The van der Waals surface area contributed by atoms with Crippen LogP contribution in [0.2, 0.25) is 0 Å². The van der Waals surface area contributed by atoms with Crippen LogP contribution in [0.3, 0.4) is 0 Å². The van der Waals surface area contributed by atoms with Gasteiger partial charge in [0.1, 0.15) is 18.3 Å². The Morgan fingerprint density at radius 1 is 1.48 bits per heavy atom. The van der Waals surface area contributed by atoms with Gasteiger partial charge in [-0.15, -0.1) is 0 Å². The molecule has 0 bridgehead atoms. The van der Waals surface area contributed by atoms with Crippen molar-refractivity contribution in [3.05, 3.63) is 0 Å². The fourth-order valence-corrected chi connectivity index (χ4v) is 1.96. The Balaban J connectivity index is 2.96. The molecule has 0 spiro atoms. The fraction of sp³-hybridized carbons (Fsp3) is 0.818. The Labute approximate surface area is 119 Å². The van der Waals surface area contributed by atoms with Gasteiger partial charge in [-0.1, -0.05) is 0 Å². The van der Waals surface area contributed by atoms with Gasteiger partial charge < -0.3 is 40.7 Å². The van der Waals surface area contributed by atoms with Crippen molar-refractivity contribution in [3.63, 3.8) is 0 Å². The fourth-order valence-electron chi connectivity index (χ4n) is 1.96. The molecular weight excluding hydrogens is 290 g/mol. The van der Waals surface area contributed by atoms with Crippen molar-refractivity contribution in [1.82, 2.24) is 0 Å². The molecule has 1 fully saturated rings. The van der Waals surface area contributed by atoms with Crippen LogP contribution in [0.4, 0.5) is 0 Å². The van der Waals surface area contributed by atoms with Crippen LogP contribution in [-0.4, -0.2) is 80.3 Å². The third kappa shape index (κ3) is 3.95. The van der Waals surface area contributed by atoms with E-state index in [1.54, 1.807) is 0 Å². The zero-order valence-electron chi connectivity index (χ0n) is 11.2. The van der Waals surface area contributed by atoms with E-state index in [0.717, 1.165) is 6.92 Å². The Kier molecular flexibility index (Phi) is 5.75. The van der Waals surface area contributed by atoms with Gasteiger partial charge in [0.15, 0.2) is 0 Å². The molecule has 6 atom stereocenters. The Morgan fingerprint density at radius 2 is 2.05 bits per heavy atom. The van der Waals surface area contributed by atoms with Gasteiger partial charge in [0, 0.05) is 13.3 Å². The molecule has 0 aromatic rings. The van der Waals surface area contributed by atoms with Gasteiger partial charge in [-0.3, -0.25) is 4.79 Å². The first kappa shape index (κ1) is 17.9. The maximum absolute atomic E-state index is 11.6. The van der Waals surface area contributed by atoms with Crippen molar-refractivity contribution >= 4 is 11.9 Å². The molecule has 10 nitrogen and oxygen atoms in total. The van der Waals surface area contributed by atoms with E-state index in [9.17, 15) is 30.0 Å². The molecule has 1 rings (SSSR count). The molecule has 0 saturated carbocycles. The zero-order valence-corrected chi connectivity index (χ0v) is 11.2. The zero-order chi connectivity index (χ0) is 16.4.